The quantitative estimate of drug-likeness (QED) is 0.730. The Balaban J connectivity index is 3.06. The molecule has 72 valence electrons. The van der Waals surface area contributed by atoms with Crippen LogP contribution in [0, 0.1) is 0 Å². The fourth-order valence-electron chi connectivity index (χ4n) is 0.995. The van der Waals surface area contributed by atoms with Gasteiger partial charge in [-0.1, -0.05) is 19.1 Å². The average Bonchev–Trinajstić information content (AvgIpc) is 2.18. The Bertz CT molecular complexity index is 367. The van der Waals surface area contributed by atoms with Gasteiger partial charge in [-0.2, -0.15) is 0 Å². The van der Waals surface area contributed by atoms with Gasteiger partial charge in [-0.25, -0.2) is 8.42 Å². The highest BCUT2D eigenvalue weighted by Crippen LogP contribution is 2.13. The van der Waals surface area contributed by atoms with Crippen molar-refractivity contribution in [2.24, 2.45) is 0 Å². The lowest BCUT2D eigenvalue weighted by molar-refractivity contribution is 0.600. The van der Waals surface area contributed by atoms with Crippen molar-refractivity contribution >= 4 is 21.4 Å². The molecule has 0 amide bonds. The van der Waals surface area contributed by atoms with E-state index in [0.717, 1.165) is 12.0 Å². The van der Waals surface area contributed by atoms with E-state index in [4.69, 9.17) is 11.6 Å². The number of aryl methyl sites for hydroxylation is 1. The molecule has 0 unspecified atom stereocenters. The minimum absolute atomic E-state index is 0.291. The van der Waals surface area contributed by atoms with Crippen LogP contribution >= 0.6 is 11.6 Å². The van der Waals surface area contributed by atoms with E-state index in [-0.39, 0.29) is 5.21 Å². The molecule has 0 heterocycles. The summed E-state index contributed by atoms with van der Waals surface area (Å²) >= 11 is 5.31. The van der Waals surface area contributed by atoms with Crippen LogP contribution in [0.4, 0.5) is 0 Å². The summed E-state index contributed by atoms with van der Waals surface area (Å²) in [6.45, 7) is 2.02. The zero-order valence-corrected chi connectivity index (χ0v) is 8.90. The Morgan fingerprint density at radius 2 is 1.77 bits per heavy atom. The van der Waals surface area contributed by atoms with Gasteiger partial charge in [0.05, 0.1) is 4.90 Å². The van der Waals surface area contributed by atoms with Crippen LogP contribution in [-0.2, 0) is 16.3 Å². The van der Waals surface area contributed by atoms with Gasteiger partial charge in [0.15, 0.2) is 9.84 Å². The Hall–Kier alpha value is -0.540. The number of rotatable bonds is 3. The molecule has 1 aromatic rings. The number of hydrogen-bond acceptors (Lipinski definition) is 2. The number of halogens is 1. The maximum absolute atomic E-state index is 11.3. The van der Waals surface area contributed by atoms with Crippen molar-refractivity contribution in [3.63, 3.8) is 0 Å². The Kier molecular flexibility index (Phi) is 3.33. The van der Waals surface area contributed by atoms with Crippen molar-refractivity contribution in [1.29, 1.82) is 0 Å². The summed E-state index contributed by atoms with van der Waals surface area (Å²) < 4.78 is 22.5. The predicted molar refractivity (Wildman–Crippen MR) is 53.7 cm³/mol. The second-order valence-corrected chi connectivity index (χ2v) is 5.30. The number of alkyl halides is 1. The molecule has 0 aliphatic rings. The predicted octanol–water partition coefficient (Wildman–Crippen LogP) is 2.22. The first-order chi connectivity index (χ1) is 6.10. The minimum Gasteiger partial charge on any atom is -0.222 e. The summed E-state index contributed by atoms with van der Waals surface area (Å²) in [6.07, 6.45) is 0.904. The van der Waals surface area contributed by atoms with Gasteiger partial charge < -0.3 is 0 Å². The highest BCUT2D eigenvalue weighted by atomic mass is 35.5. The first-order valence-electron chi connectivity index (χ1n) is 3.98. The Morgan fingerprint density at radius 1 is 1.23 bits per heavy atom. The highest BCUT2D eigenvalue weighted by molar-refractivity contribution is 7.92. The van der Waals surface area contributed by atoms with Gasteiger partial charge in [0.2, 0.25) is 0 Å². The normalized spacial score (nSPS) is 11.5. The maximum Gasteiger partial charge on any atom is 0.192 e. The van der Waals surface area contributed by atoms with Gasteiger partial charge in [-0.05, 0) is 24.1 Å². The third-order valence-electron chi connectivity index (χ3n) is 1.83. The molecule has 0 bridgehead atoms. The van der Waals surface area contributed by atoms with Crippen LogP contribution < -0.4 is 0 Å². The molecule has 0 atom stereocenters. The largest absolute Gasteiger partial charge is 0.222 e. The van der Waals surface area contributed by atoms with Gasteiger partial charge >= 0.3 is 0 Å². The lowest BCUT2D eigenvalue weighted by atomic mass is 10.2. The summed E-state index contributed by atoms with van der Waals surface area (Å²) in [4.78, 5) is 0.291. The first kappa shape index (κ1) is 10.5. The Labute approximate surface area is 83.5 Å². The van der Waals surface area contributed by atoms with Crippen molar-refractivity contribution in [2.45, 2.75) is 18.2 Å². The van der Waals surface area contributed by atoms with Gasteiger partial charge in [-0.3, -0.25) is 0 Å². The molecule has 0 radical (unpaired) electrons. The maximum atomic E-state index is 11.3. The number of hydrogen-bond donors (Lipinski definition) is 0. The zero-order chi connectivity index (χ0) is 9.90. The third kappa shape index (κ3) is 2.45. The second-order valence-electron chi connectivity index (χ2n) is 2.72. The van der Waals surface area contributed by atoms with Crippen LogP contribution in [0.1, 0.15) is 12.5 Å². The van der Waals surface area contributed by atoms with Crippen LogP contribution in [0.2, 0.25) is 0 Å². The fraction of sp³-hybridized carbons (Fsp3) is 0.333. The standard InChI is InChI=1S/C9H11ClO2S/c1-2-8-3-5-9(6-4-8)13(11,12)7-10/h3-6H,2,7H2,1H3. The molecule has 2 nitrogen and oxygen atoms in total. The molecule has 0 saturated carbocycles. The highest BCUT2D eigenvalue weighted by Gasteiger charge is 2.11. The lowest BCUT2D eigenvalue weighted by Gasteiger charge is -2.00. The van der Waals surface area contributed by atoms with E-state index in [2.05, 4.69) is 0 Å². The summed E-state index contributed by atoms with van der Waals surface area (Å²) in [5, 5.41) is -0.363. The topological polar surface area (TPSA) is 34.1 Å². The van der Waals surface area contributed by atoms with E-state index in [0.29, 0.717) is 4.90 Å². The first-order valence-corrected chi connectivity index (χ1v) is 6.16. The summed E-state index contributed by atoms with van der Waals surface area (Å²) in [5.74, 6) is 0. The average molecular weight is 219 g/mol. The van der Waals surface area contributed by atoms with Crippen LogP contribution in [0.5, 0.6) is 0 Å². The van der Waals surface area contributed by atoms with Crippen molar-refractivity contribution < 1.29 is 8.42 Å². The van der Waals surface area contributed by atoms with Crippen molar-refractivity contribution in [1.82, 2.24) is 0 Å². The second kappa shape index (κ2) is 4.11. The SMILES string of the molecule is CCc1ccc(S(=O)(=O)CCl)cc1. The van der Waals surface area contributed by atoms with E-state index in [1.54, 1.807) is 24.3 Å². The van der Waals surface area contributed by atoms with Gasteiger partial charge in [-0.15, -0.1) is 11.6 Å². The number of sulfone groups is 1. The molecule has 0 saturated heterocycles. The molecule has 4 heteroatoms. The zero-order valence-electron chi connectivity index (χ0n) is 7.33. The van der Waals surface area contributed by atoms with Crippen LogP contribution in [0.3, 0.4) is 0 Å². The molecule has 0 aliphatic heterocycles. The summed E-state index contributed by atoms with van der Waals surface area (Å²) in [6, 6.07) is 6.80. The molecule has 1 aromatic carbocycles. The molecule has 1 rings (SSSR count). The Morgan fingerprint density at radius 3 is 2.15 bits per heavy atom. The van der Waals surface area contributed by atoms with E-state index in [1.165, 1.54) is 0 Å². The molecular formula is C9H11ClO2S. The lowest BCUT2D eigenvalue weighted by Crippen LogP contribution is -2.01. The molecule has 0 N–H and O–H groups in total. The molecule has 0 aliphatic carbocycles. The third-order valence-corrected chi connectivity index (χ3v) is 3.97. The van der Waals surface area contributed by atoms with Crippen molar-refractivity contribution in [2.75, 3.05) is 5.21 Å². The molecule has 0 fully saturated rings. The van der Waals surface area contributed by atoms with Crippen LogP contribution in [0.15, 0.2) is 29.2 Å². The summed E-state index contributed by atoms with van der Waals surface area (Å²) in [7, 11) is -3.26. The monoisotopic (exact) mass is 218 g/mol. The van der Waals surface area contributed by atoms with E-state index >= 15 is 0 Å². The smallest absolute Gasteiger partial charge is 0.192 e. The molecule has 13 heavy (non-hydrogen) atoms. The van der Waals surface area contributed by atoms with Gasteiger partial charge in [0.25, 0.3) is 0 Å². The van der Waals surface area contributed by atoms with Crippen molar-refractivity contribution in [3.8, 4) is 0 Å². The minimum atomic E-state index is -3.26. The van der Waals surface area contributed by atoms with Crippen LogP contribution in [-0.4, -0.2) is 13.6 Å². The van der Waals surface area contributed by atoms with E-state index in [9.17, 15) is 8.42 Å². The molecule has 0 aromatic heterocycles. The fourth-order valence-corrected chi connectivity index (χ4v) is 2.05. The number of benzene rings is 1. The van der Waals surface area contributed by atoms with Gasteiger partial charge in [0.1, 0.15) is 5.21 Å². The van der Waals surface area contributed by atoms with Crippen molar-refractivity contribution in [3.05, 3.63) is 29.8 Å². The van der Waals surface area contributed by atoms with Gasteiger partial charge in [0, 0.05) is 0 Å². The summed E-state index contributed by atoms with van der Waals surface area (Å²) in [5.41, 5.74) is 1.12. The molecule has 0 spiro atoms. The van der Waals surface area contributed by atoms with E-state index < -0.39 is 9.84 Å². The van der Waals surface area contributed by atoms with E-state index in [1.807, 2.05) is 6.92 Å². The van der Waals surface area contributed by atoms with Crippen LogP contribution in [0.25, 0.3) is 0 Å². The molecular weight excluding hydrogens is 208 g/mol.